The van der Waals surface area contributed by atoms with Gasteiger partial charge < -0.3 is 25.8 Å². The van der Waals surface area contributed by atoms with Crippen LogP contribution in [0.3, 0.4) is 0 Å². The first-order valence-corrected chi connectivity index (χ1v) is 11.4. The van der Waals surface area contributed by atoms with Crippen molar-refractivity contribution in [1.29, 1.82) is 0 Å². The molecule has 0 aliphatic rings. The highest BCUT2D eigenvalue weighted by molar-refractivity contribution is 6.40. The van der Waals surface area contributed by atoms with E-state index in [-0.39, 0.29) is 12.1 Å². The number of aliphatic carboxylic acids is 1. The lowest BCUT2D eigenvalue weighted by Crippen LogP contribution is -2.56. The van der Waals surface area contributed by atoms with Gasteiger partial charge in [0.15, 0.2) is 46.4 Å². The van der Waals surface area contributed by atoms with E-state index < -0.39 is 118 Å². The number of carboxylic acid groups (broad SMARTS) is 1. The molecule has 2 aromatic carbocycles. The SMILES string of the molecule is CC(C)[C@H](NC(=O)C(=O)Nc1c(F)cc(F)c(F)c1F)C(=O)N[C@@H](CC(=O)O)C(=O)COc1c(F)c(F)cc(F)c1F. The second-order valence-electron chi connectivity index (χ2n) is 8.70. The molecule has 0 aromatic heterocycles. The Morgan fingerprint density at radius 2 is 1.29 bits per heavy atom. The van der Waals surface area contributed by atoms with Gasteiger partial charge in [0, 0.05) is 12.1 Å². The van der Waals surface area contributed by atoms with Gasteiger partial charge >= 0.3 is 17.8 Å². The Morgan fingerprint density at radius 1 is 0.762 bits per heavy atom. The van der Waals surface area contributed by atoms with Crippen LogP contribution in [0.1, 0.15) is 20.3 Å². The second-order valence-corrected chi connectivity index (χ2v) is 8.70. The van der Waals surface area contributed by atoms with Crippen LogP contribution in [0.25, 0.3) is 0 Å². The molecule has 0 saturated carbocycles. The van der Waals surface area contributed by atoms with Crippen LogP contribution in [0.5, 0.6) is 5.75 Å². The van der Waals surface area contributed by atoms with Crippen molar-refractivity contribution in [2.75, 3.05) is 11.9 Å². The van der Waals surface area contributed by atoms with Crippen LogP contribution in [0.15, 0.2) is 12.1 Å². The number of carbonyl (C=O) groups is 5. The van der Waals surface area contributed by atoms with E-state index in [0.29, 0.717) is 0 Å². The Morgan fingerprint density at radius 3 is 1.81 bits per heavy atom. The number of rotatable bonds is 11. The minimum absolute atomic E-state index is 0.118. The van der Waals surface area contributed by atoms with Gasteiger partial charge in [0.1, 0.15) is 24.4 Å². The fourth-order valence-corrected chi connectivity index (χ4v) is 3.20. The fourth-order valence-electron chi connectivity index (χ4n) is 3.20. The van der Waals surface area contributed by atoms with Crippen LogP contribution in [0, 0.1) is 52.5 Å². The number of ketones is 1. The largest absolute Gasteiger partial charge is 0.481 e. The second kappa shape index (κ2) is 13.7. The third-order valence-corrected chi connectivity index (χ3v) is 5.31. The third kappa shape index (κ3) is 7.91. The fraction of sp³-hybridized carbons (Fsp3) is 0.292. The minimum Gasteiger partial charge on any atom is -0.481 e. The average Bonchev–Trinajstić information content (AvgIpc) is 2.90. The molecule has 0 heterocycles. The lowest BCUT2D eigenvalue weighted by Gasteiger charge is -2.24. The summed E-state index contributed by atoms with van der Waals surface area (Å²) >= 11 is 0. The van der Waals surface area contributed by atoms with Gasteiger partial charge in [-0.15, -0.1) is 0 Å². The number of benzene rings is 2. The first-order valence-electron chi connectivity index (χ1n) is 11.4. The van der Waals surface area contributed by atoms with Crippen LogP contribution in [0.4, 0.5) is 40.8 Å². The normalized spacial score (nSPS) is 12.4. The molecular formula is C24H19F8N3O7. The zero-order valence-corrected chi connectivity index (χ0v) is 21.2. The predicted molar refractivity (Wildman–Crippen MR) is 123 cm³/mol. The van der Waals surface area contributed by atoms with E-state index in [1.54, 1.807) is 0 Å². The molecule has 2 aromatic rings. The maximum Gasteiger partial charge on any atom is 0.313 e. The Kier molecular flexibility index (Phi) is 10.9. The number of hydrogen-bond donors (Lipinski definition) is 4. The Bertz CT molecular complexity index is 1410. The number of anilines is 1. The summed E-state index contributed by atoms with van der Waals surface area (Å²) in [7, 11) is 0. The number of halogens is 8. The van der Waals surface area contributed by atoms with E-state index in [1.165, 1.54) is 19.2 Å². The van der Waals surface area contributed by atoms with E-state index in [1.807, 2.05) is 10.6 Å². The minimum atomic E-state index is -2.18. The van der Waals surface area contributed by atoms with E-state index in [4.69, 9.17) is 5.11 Å². The summed E-state index contributed by atoms with van der Waals surface area (Å²) < 4.78 is 113. The molecule has 0 unspecified atom stereocenters. The summed E-state index contributed by atoms with van der Waals surface area (Å²) in [6.07, 6.45) is -1.16. The summed E-state index contributed by atoms with van der Waals surface area (Å²) in [5.74, 6) is -26.4. The Labute approximate surface area is 230 Å². The van der Waals surface area contributed by atoms with Gasteiger partial charge in [0.05, 0.1) is 6.42 Å². The number of Topliss-reactive ketones (excluding diaryl/α,β-unsaturated/α-hetero) is 1. The molecule has 0 bridgehead atoms. The lowest BCUT2D eigenvalue weighted by molar-refractivity contribution is -0.141. The molecule has 10 nitrogen and oxygen atoms in total. The number of ether oxygens (including phenoxy) is 1. The molecule has 4 N–H and O–H groups in total. The monoisotopic (exact) mass is 613 g/mol. The zero-order chi connectivity index (χ0) is 32.0. The number of amides is 3. The van der Waals surface area contributed by atoms with Crippen molar-refractivity contribution in [3.8, 4) is 5.75 Å². The van der Waals surface area contributed by atoms with Gasteiger partial charge in [-0.3, -0.25) is 24.0 Å². The highest BCUT2D eigenvalue weighted by Gasteiger charge is 2.33. The Hall–Kier alpha value is -4.77. The molecule has 228 valence electrons. The molecule has 2 atom stereocenters. The molecule has 0 aliphatic carbocycles. The summed E-state index contributed by atoms with van der Waals surface area (Å²) in [4.78, 5) is 60.9. The molecule has 0 radical (unpaired) electrons. The van der Waals surface area contributed by atoms with Gasteiger partial charge in [0.2, 0.25) is 17.5 Å². The van der Waals surface area contributed by atoms with Gasteiger partial charge in [-0.05, 0) is 5.92 Å². The highest BCUT2D eigenvalue weighted by Crippen LogP contribution is 2.27. The topological polar surface area (TPSA) is 151 Å². The van der Waals surface area contributed by atoms with Crippen molar-refractivity contribution < 1.29 is 68.9 Å². The van der Waals surface area contributed by atoms with Gasteiger partial charge in [0.25, 0.3) is 0 Å². The number of nitrogens with one attached hydrogen (secondary N) is 3. The van der Waals surface area contributed by atoms with Crippen LogP contribution in [0.2, 0.25) is 0 Å². The van der Waals surface area contributed by atoms with Crippen molar-refractivity contribution in [1.82, 2.24) is 10.6 Å². The smallest absolute Gasteiger partial charge is 0.313 e. The zero-order valence-electron chi connectivity index (χ0n) is 21.2. The number of carbonyl (C=O) groups excluding carboxylic acids is 4. The van der Waals surface area contributed by atoms with Crippen molar-refractivity contribution >= 4 is 35.2 Å². The number of hydrogen-bond acceptors (Lipinski definition) is 6. The molecule has 3 amide bonds. The summed E-state index contributed by atoms with van der Waals surface area (Å²) in [5, 5.41) is 14.2. The lowest BCUT2D eigenvalue weighted by atomic mass is 10.0. The molecule has 2 rings (SSSR count). The third-order valence-electron chi connectivity index (χ3n) is 5.31. The van der Waals surface area contributed by atoms with Gasteiger partial charge in [-0.25, -0.2) is 26.3 Å². The van der Waals surface area contributed by atoms with Gasteiger partial charge in [-0.1, -0.05) is 13.8 Å². The van der Waals surface area contributed by atoms with E-state index in [9.17, 15) is 59.1 Å². The first-order chi connectivity index (χ1) is 19.5. The van der Waals surface area contributed by atoms with Crippen LogP contribution < -0.4 is 20.7 Å². The average molecular weight is 613 g/mol. The molecule has 0 aliphatic heterocycles. The molecule has 0 fully saturated rings. The van der Waals surface area contributed by atoms with Crippen molar-refractivity contribution in [3.05, 3.63) is 58.7 Å². The molecule has 42 heavy (non-hydrogen) atoms. The van der Waals surface area contributed by atoms with Crippen LogP contribution >= 0.6 is 0 Å². The molecule has 18 heteroatoms. The van der Waals surface area contributed by atoms with Crippen LogP contribution in [-0.4, -0.2) is 53.3 Å². The van der Waals surface area contributed by atoms with E-state index in [2.05, 4.69) is 4.74 Å². The molecule has 0 spiro atoms. The van der Waals surface area contributed by atoms with E-state index in [0.717, 1.165) is 0 Å². The maximum atomic E-state index is 13.8. The van der Waals surface area contributed by atoms with Gasteiger partial charge in [-0.2, -0.15) is 8.78 Å². The molecule has 0 saturated heterocycles. The van der Waals surface area contributed by atoms with Crippen LogP contribution in [-0.2, 0) is 24.0 Å². The number of carboxylic acids is 1. The van der Waals surface area contributed by atoms with Crippen molar-refractivity contribution in [2.24, 2.45) is 5.92 Å². The highest BCUT2D eigenvalue weighted by atomic mass is 19.2. The summed E-state index contributed by atoms with van der Waals surface area (Å²) in [6, 6.07) is -4.03. The summed E-state index contributed by atoms with van der Waals surface area (Å²) in [6.45, 7) is 1.18. The van der Waals surface area contributed by atoms with Crippen molar-refractivity contribution in [3.63, 3.8) is 0 Å². The standard InChI is InChI=1S/C24H19F8N3O7/c1-7(2)19(34-23(40)24(41)35-20-11(28)4-8(25)15(29)18(20)32)22(39)33-12(5-14(37)38)13(36)6-42-21-16(30)9(26)3-10(27)17(21)31/h3-4,7,12,19H,5-6H2,1-2H3,(H,33,39)(H,34,40)(H,35,41)(H,37,38)/t12-,19-/m0/s1. The first kappa shape index (κ1) is 33.4. The van der Waals surface area contributed by atoms with Crippen molar-refractivity contribution in [2.45, 2.75) is 32.4 Å². The predicted octanol–water partition coefficient (Wildman–Crippen LogP) is 2.49. The quantitative estimate of drug-likeness (QED) is 0.132. The summed E-state index contributed by atoms with van der Waals surface area (Å²) in [5.41, 5.74) is -1.53. The Balaban J connectivity index is 2.17. The molecular weight excluding hydrogens is 594 g/mol. The maximum absolute atomic E-state index is 13.8. The van der Waals surface area contributed by atoms with E-state index >= 15 is 0 Å².